The van der Waals surface area contributed by atoms with Crippen molar-refractivity contribution in [2.75, 3.05) is 29.9 Å². The van der Waals surface area contributed by atoms with E-state index >= 15 is 0 Å². The number of nitro groups is 1. The number of esters is 1. The summed E-state index contributed by atoms with van der Waals surface area (Å²) in [5.74, 6) is -0.0742. The van der Waals surface area contributed by atoms with E-state index in [-0.39, 0.29) is 29.2 Å². The van der Waals surface area contributed by atoms with E-state index in [1.54, 1.807) is 6.92 Å². The Labute approximate surface area is 182 Å². The number of benzene rings is 1. The fourth-order valence-corrected chi connectivity index (χ4v) is 4.63. The Balaban J connectivity index is 1.59. The van der Waals surface area contributed by atoms with Crippen molar-refractivity contribution in [3.63, 3.8) is 0 Å². The zero-order valence-corrected chi connectivity index (χ0v) is 18.0. The predicted octanol–water partition coefficient (Wildman–Crippen LogP) is 3.83. The maximum Gasteiger partial charge on any atom is 0.353 e. The summed E-state index contributed by atoms with van der Waals surface area (Å²) in [6, 6.07) is 5.88. The average molecular weight is 443 g/mol. The summed E-state index contributed by atoms with van der Waals surface area (Å²) >= 11 is 1.41. The number of hydrogen-bond acceptors (Lipinski definition) is 10. The molecule has 3 aromatic rings. The number of aromatic nitrogens is 3. The lowest BCUT2D eigenvalue weighted by molar-refractivity contribution is -0.383. The molecule has 2 aromatic heterocycles. The van der Waals surface area contributed by atoms with E-state index in [0.717, 1.165) is 15.8 Å². The summed E-state index contributed by atoms with van der Waals surface area (Å²) in [4.78, 5) is 38.1. The number of ether oxygens (including phenoxy) is 1. The SMILES string of the molecule is CCOC(=O)C1CCN(c2ncnc(Nc3nc4c(C)cccc4s3)c2[N+](=O)[O-])CC1. The fraction of sp³-hybridized carbons (Fsp3) is 0.400. The van der Waals surface area contributed by atoms with Crippen LogP contribution in [0.3, 0.4) is 0 Å². The second-order valence-corrected chi connectivity index (χ2v) is 8.26. The maximum atomic E-state index is 12.0. The summed E-state index contributed by atoms with van der Waals surface area (Å²) in [5.41, 5.74) is 1.69. The Kier molecular flexibility index (Phi) is 5.94. The molecule has 0 radical (unpaired) electrons. The smallest absolute Gasteiger partial charge is 0.353 e. The van der Waals surface area contributed by atoms with Crippen molar-refractivity contribution in [2.45, 2.75) is 26.7 Å². The molecule has 4 rings (SSSR count). The van der Waals surface area contributed by atoms with Crippen LogP contribution < -0.4 is 10.2 Å². The van der Waals surface area contributed by atoms with E-state index in [4.69, 9.17) is 4.74 Å². The highest BCUT2D eigenvalue weighted by molar-refractivity contribution is 7.22. The third-order valence-electron chi connectivity index (χ3n) is 5.25. The molecule has 1 N–H and O–H groups in total. The van der Waals surface area contributed by atoms with E-state index in [9.17, 15) is 14.9 Å². The molecule has 1 fully saturated rings. The molecule has 1 aliphatic rings. The summed E-state index contributed by atoms with van der Waals surface area (Å²) in [6.45, 7) is 5.04. The van der Waals surface area contributed by atoms with Gasteiger partial charge in [0, 0.05) is 13.1 Å². The van der Waals surface area contributed by atoms with Gasteiger partial charge in [-0.25, -0.2) is 15.0 Å². The van der Waals surface area contributed by atoms with Gasteiger partial charge >= 0.3 is 11.7 Å². The van der Waals surface area contributed by atoms with Gasteiger partial charge in [-0.2, -0.15) is 0 Å². The standard InChI is InChI=1S/C20H22N6O4S/c1-3-30-19(27)13-7-9-25(10-8-13)18-16(26(28)29)17(21-11-22-18)24-20-23-15-12(2)5-4-6-14(15)31-20/h4-6,11,13H,3,7-10H2,1-2H3,(H,21,22,23,24). The van der Waals surface area contributed by atoms with Gasteiger partial charge in [0.25, 0.3) is 0 Å². The molecule has 11 heteroatoms. The van der Waals surface area contributed by atoms with Crippen LogP contribution in [0.15, 0.2) is 24.5 Å². The largest absolute Gasteiger partial charge is 0.466 e. The molecule has 0 amide bonds. The first-order valence-electron chi connectivity index (χ1n) is 10.0. The fourth-order valence-electron chi connectivity index (χ4n) is 3.69. The summed E-state index contributed by atoms with van der Waals surface area (Å²) in [6.07, 6.45) is 2.42. The lowest BCUT2D eigenvalue weighted by Crippen LogP contribution is -2.37. The average Bonchev–Trinajstić information content (AvgIpc) is 3.17. The first-order valence-corrected chi connectivity index (χ1v) is 10.8. The first kappa shape index (κ1) is 20.9. The number of piperidine rings is 1. The Hall–Kier alpha value is -3.34. The van der Waals surface area contributed by atoms with Crippen molar-refractivity contribution in [3.8, 4) is 0 Å². The van der Waals surface area contributed by atoms with Crippen LogP contribution in [-0.4, -0.2) is 45.5 Å². The summed E-state index contributed by atoms with van der Waals surface area (Å²) < 4.78 is 6.08. The quantitative estimate of drug-likeness (QED) is 0.344. The minimum atomic E-state index is -0.478. The molecule has 1 saturated heterocycles. The number of nitrogens with zero attached hydrogens (tertiary/aromatic N) is 5. The first-order chi connectivity index (χ1) is 15.0. The monoisotopic (exact) mass is 442 g/mol. The molecule has 0 saturated carbocycles. The minimum Gasteiger partial charge on any atom is -0.466 e. The second kappa shape index (κ2) is 8.80. The molecular formula is C20H22N6O4S. The van der Waals surface area contributed by atoms with Gasteiger partial charge < -0.3 is 15.0 Å². The molecule has 31 heavy (non-hydrogen) atoms. The summed E-state index contributed by atoms with van der Waals surface area (Å²) in [7, 11) is 0. The number of aryl methyl sites for hydroxylation is 1. The lowest BCUT2D eigenvalue weighted by Gasteiger charge is -2.31. The van der Waals surface area contributed by atoms with Crippen LogP contribution in [0, 0.1) is 23.0 Å². The molecule has 0 aliphatic carbocycles. The number of anilines is 3. The molecule has 10 nitrogen and oxygen atoms in total. The Morgan fingerprint density at radius 1 is 1.35 bits per heavy atom. The topological polar surface area (TPSA) is 123 Å². The zero-order valence-electron chi connectivity index (χ0n) is 17.2. The Morgan fingerprint density at radius 2 is 2.13 bits per heavy atom. The summed E-state index contributed by atoms with van der Waals surface area (Å²) in [5, 5.41) is 15.5. The normalized spacial score (nSPS) is 14.6. The van der Waals surface area contributed by atoms with Gasteiger partial charge in [-0.15, -0.1) is 0 Å². The minimum absolute atomic E-state index is 0.0965. The van der Waals surface area contributed by atoms with E-state index in [1.165, 1.54) is 17.7 Å². The van der Waals surface area contributed by atoms with Crippen LogP contribution in [0.5, 0.6) is 0 Å². The molecule has 0 bridgehead atoms. The van der Waals surface area contributed by atoms with Crippen LogP contribution in [0.1, 0.15) is 25.3 Å². The van der Waals surface area contributed by atoms with Gasteiger partial charge in [0.05, 0.1) is 27.7 Å². The van der Waals surface area contributed by atoms with E-state index in [0.29, 0.717) is 37.7 Å². The number of thiazole rings is 1. The van der Waals surface area contributed by atoms with Crippen molar-refractivity contribution < 1.29 is 14.5 Å². The number of carbonyl (C=O) groups excluding carboxylic acids is 1. The highest BCUT2D eigenvalue weighted by atomic mass is 32.1. The molecule has 162 valence electrons. The molecule has 0 atom stereocenters. The second-order valence-electron chi connectivity index (χ2n) is 7.23. The van der Waals surface area contributed by atoms with Gasteiger partial charge in [-0.05, 0) is 38.3 Å². The van der Waals surface area contributed by atoms with Gasteiger partial charge in [0.15, 0.2) is 5.13 Å². The lowest BCUT2D eigenvalue weighted by atomic mass is 9.97. The van der Waals surface area contributed by atoms with Crippen molar-refractivity contribution in [3.05, 3.63) is 40.2 Å². The van der Waals surface area contributed by atoms with Gasteiger partial charge in [-0.1, -0.05) is 23.5 Å². The third-order valence-corrected chi connectivity index (χ3v) is 6.18. The van der Waals surface area contributed by atoms with E-state index < -0.39 is 4.92 Å². The zero-order chi connectivity index (χ0) is 22.0. The number of hydrogen-bond donors (Lipinski definition) is 1. The predicted molar refractivity (Wildman–Crippen MR) is 118 cm³/mol. The van der Waals surface area contributed by atoms with Gasteiger partial charge in [-0.3, -0.25) is 14.9 Å². The molecule has 3 heterocycles. The highest BCUT2D eigenvalue weighted by Crippen LogP contribution is 2.37. The molecular weight excluding hydrogens is 420 g/mol. The number of para-hydroxylation sites is 1. The molecule has 1 aliphatic heterocycles. The highest BCUT2D eigenvalue weighted by Gasteiger charge is 2.32. The van der Waals surface area contributed by atoms with E-state index in [2.05, 4.69) is 20.3 Å². The maximum absolute atomic E-state index is 12.0. The number of carbonyl (C=O) groups is 1. The van der Waals surface area contributed by atoms with Crippen LogP contribution in [0.4, 0.5) is 22.5 Å². The number of rotatable bonds is 6. The number of nitrogens with one attached hydrogen (secondary N) is 1. The van der Waals surface area contributed by atoms with Crippen LogP contribution in [-0.2, 0) is 9.53 Å². The third kappa shape index (κ3) is 4.26. The number of fused-ring (bicyclic) bond motifs is 1. The van der Waals surface area contributed by atoms with E-state index in [1.807, 2.05) is 30.0 Å². The Bertz CT molecular complexity index is 1130. The molecule has 0 unspecified atom stereocenters. The van der Waals surface area contributed by atoms with Crippen LogP contribution in [0.2, 0.25) is 0 Å². The van der Waals surface area contributed by atoms with Crippen molar-refractivity contribution >= 4 is 50.0 Å². The van der Waals surface area contributed by atoms with Gasteiger partial charge in [0.2, 0.25) is 11.6 Å². The van der Waals surface area contributed by atoms with Crippen LogP contribution in [0.25, 0.3) is 10.2 Å². The van der Waals surface area contributed by atoms with Crippen molar-refractivity contribution in [1.82, 2.24) is 15.0 Å². The molecule has 1 aromatic carbocycles. The molecule has 0 spiro atoms. The van der Waals surface area contributed by atoms with Crippen molar-refractivity contribution in [2.24, 2.45) is 5.92 Å². The Morgan fingerprint density at radius 3 is 2.81 bits per heavy atom. The van der Waals surface area contributed by atoms with Gasteiger partial charge in [0.1, 0.15) is 6.33 Å². The van der Waals surface area contributed by atoms with Crippen LogP contribution >= 0.6 is 11.3 Å². The van der Waals surface area contributed by atoms with Crippen molar-refractivity contribution in [1.29, 1.82) is 0 Å².